The number of benzene rings is 1. The van der Waals surface area contributed by atoms with E-state index < -0.39 is 11.9 Å². The first-order chi connectivity index (χ1) is 18.0. The lowest BCUT2D eigenvalue weighted by Gasteiger charge is -2.32. The summed E-state index contributed by atoms with van der Waals surface area (Å²) in [5.41, 5.74) is 3.32. The van der Waals surface area contributed by atoms with Gasteiger partial charge in [-0.25, -0.2) is 10.8 Å². The summed E-state index contributed by atoms with van der Waals surface area (Å²) < 4.78 is 44.7. The fourth-order valence-corrected chi connectivity index (χ4v) is 5.61. The van der Waals surface area contributed by atoms with Crippen LogP contribution in [0.1, 0.15) is 48.7 Å². The second-order valence-corrected chi connectivity index (χ2v) is 10.2. The third kappa shape index (κ3) is 6.09. The van der Waals surface area contributed by atoms with Crippen molar-refractivity contribution in [2.24, 2.45) is 5.84 Å². The molecule has 0 unspecified atom stereocenters. The van der Waals surface area contributed by atoms with Crippen LogP contribution in [0.3, 0.4) is 0 Å². The van der Waals surface area contributed by atoms with Crippen molar-refractivity contribution in [2.75, 3.05) is 24.5 Å². The van der Waals surface area contributed by atoms with Gasteiger partial charge in [-0.2, -0.15) is 18.3 Å². The predicted molar refractivity (Wildman–Crippen MR) is 143 cm³/mol. The minimum Gasteiger partial charge on any atom is -0.312 e. The van der Waals surface area contributed by atoms with Crippen molar-refractivity contribution < 1.29 is 18.4 Å². The van der Waals surface area contributed by atoms with Crippen LogP contribution in [0.4, 0.5) is 24.8 Å². The minimum absolute atomic E-state index is 0.0922. The molecule has 0 bridgehead atoms. The van der Waals surface area contributed by atoms with E-state index in [0.717, 1.165) is 23.1 Å². The monoisotopic (exact) mass is 550 g/mol. The maximum Gasteiger partial charge on any atom is 0.435 e. The Morgan fingerprint density at radius 2 is 1.92 bits per heavy atom. The molecule has 0 spiro atoms. The van der Waals surface area contributed by atoms with Gasteiger partial charge < -0.3 is 9.47 Å². The van der Waals surface area contributed by atoms with Crippen LogP contribution in [0.15, 0.2) is 47.7 Å². The van der Waals surface area contributed by atoms with E-state index in [9.17, 15) is 18.4 Å². The third-order valence-corrected chi connectivity index (χ3v) is 7.04. The average molecular weight is 551 g/mol. The molecule has 11 heteroatoms. The molecular weight excluding hydrogens is 517 g/mol. The first kappa shape index (κ1) is 28.2. The number of alkyl halides is 3. The number of imidazole rings is 1. The standard InChI is InChI=1S/C27H34ClF3N6O/c1-4-11-34(16-20-7-5-8-21(10-9-20)37(32)38)17-23-25(27(29,30)31)33-26-35(23)12-6-13-36(26)24-19(3)14-18(2)15-22(24)28/h5,7,9-10,14-15,38H,4,6,8,11-13,16-17,32H2,1-3H3. The van der Waals surface area contributed by atoms with Gasteiger partial charge in [0.25, 0.3) is 0 Å². The first-order valence-electron chi connectivity index (χ1n) is 12.7. The zero-order valence-electron chi connectivity index (χ0n) is 21.9. The van der Waals surface area contributed by atoms with Crippen LogP contribution in [-0.2, 0) is 19.3 Å². The van der Waals surface area contributed by atoms with Crippen LogP contribution < -0.4 is 10.7 Å². The Bertz CT molecular complexity index is 1240. The topological polar surface area (TPSA) is 73.8 Å². The van der Waals surface area contributed by atoms with Gasteiger partial charge in [0.1, 0.15) is 0 Å². The number of nitrogens with two attached hydrogens (primary N) is 1. The molecule has 206 valence electrons. The highest BCUT2D eigenvalue weighted by Crippen LogP contribution is 2.41. The van der Waals surface area contributed by atoms with Crippen molar-refractivity contribution in [1.29, 1.82) is 0 Å². The summed E-state index contributed by atoms with van der Waals surface area (Å²) in [7, 11) is 0. The first-order valence-corrected chi connectivity index (χ1v) is 13.1. The van der Waals surface area contributed by atoms with Crippen molar-refractivity contribution >= 4 is 23.2 Å². The number of hydrogen-bond acceptors (Lipinski definition) is 6. The van der Waals surface area contributed by atoms with Gasteiger partial charge in [0.05, 0.1) is 22.1 Å². The van der Waals surface area contributed by atoms with E-state index in [4.69, 9.17) is 17.4 Å². The quantitative estimate of drug-likeness (QED) is 0.298. The maximum atomic E-state index is 14.3. The molecule has 1 aromatic heterocycles. The Balaban J connectivity index is 1.72. The van der Waals surface area contributed by atoms with Gasteiger partial charge in [-0.15, -0.1) is 0 Å². The fourth-order valence-electron chi connectivity index (χ4n) is 5.18. The second-order valence-electron chi connectivity index (χ2n) is 9.84. The average Bonchev–Trinajstić information content (AvgIpc) is 3.03. The molecule has 4 rings (SSSR count). The molecule has 1 aliphatic heterocycles. The van der Waals surface area contributed by atoms with E-state index in [0.29, 0.717) is 60.6 Å². The van der Waals surface area contributed by atoms with Crippen molar-refractivity contribution in [3.8, 4) is 0 Å². The number of allylic oxidation sites excluding steroid dienone is 3. The van der Waals surface area contributed by atoms with Gasteiger partial charge in [0.15, 0.2) is 5.69 Å². The lowest BCUT2D eigenvalue weighted by atomic mass is 10.1. The van der Waals surface area contributed by atoms with Crippen LogP contribution in [0.5, 0.6) is 0 Å². The normalized spacial score (nSPS) is 15.9. The molecule has 1 aromatic carbocycles. The van der Waals surface area contributed by atoms with Crippen LogP contribution in [0, 0.1) is 13.8 Å². The third-order valence-electron chi connectivity index (χ3n) is 6.76. The van der Waals surface area contributed by atoms with Crippen molar-refractivity contribution in [3.63, 3.8) is 0 Å². The summed E-state index contributed by atoms with van der Waals surface area (Å²) in [5, 5.41) is 10.6. The number of anilines is 2. The van der Waals surface area contributed by atoms with Crippen molar-refractivity contribution in [3.05, 3.63) is 75.2 Å². The Labute approximate surface area is 226 Å². The number of hydrazine groups is 1. The van der Waals surface area contributed by atoms with E-state index in [1.807, 2.05) is 60.9 Å². The lowest BCUT2D eigenvalue weighted by Crippen LogP contribution is -2.32. The summed E-state index contributed by atoms with van der Waals surface area (Å²) in [6.07, 6.45) is 4.63. The van der Waals surface area contributed by atoms with Crippen LogP contribution in [-0.4, -0.2) is 44.5 Å². The Morgan fingerprint density at radius 1 is 1.16 bits per heavy atom. The fraction of sp³-hybridized carbons (Fsp3) is 0.444. The maximum absolute atomic E-state index is 14.3. The number of rotatable bonds is 8. The van der Waals surface area contributed by atoms with E-state index in [1.165, 1.54) is 0 Å². The Kier molecular flexibility index (Phi) is 8.56. The van der Waals surface area contributed by atoms with Crippen molar-refractivity contribution in [1.82, 2.24) is 19.6 Å². The molecule has 0 saturated carbocycles. The van der Waals surface area contributed by atoms with Crippen molar-refractivity contribution in [2.45, 2.75) is 59.3 Å². The molecule has 7 nitrogen and oxygen atoms in total. The number of hydroxylamine groups is 1. The molecule has 0 amide bonds. The van der Waals surface area contributed by atoms with Crippen LogP contribution in [0.2, 0.25) is 5.02 Å². The number of halogens is 4. The molecule has 0 fully saturated rings. The number of nitrogens with zero attached hydrogens (tertiary/aromatic N) is 5. The lowest BCUT2D eigenvalue weighted by molar-refractivity contribution is -0.141. The summed E-state index contributed by atoms with van der Waals surface area (Å²) >= 11 is 6.60. The van der Waals surface area contributed by atoms with E-state index in [-0.39, 0.29) is 18.2 Å². The largest absolute Gasteiger partial charge is 0.435 e. The highest BCUT2D eigenvalue weighted by molar-refractivity contribution is 6.33. The summed E-state index contributed by atoms with van der Waals surface area (Å²) in [6.45, 7) is 7.97. The number of hydrogen-bond donors (Lipinski definition) is 2. The second kappa shape index (κ2) is 11.5. The Morgan fingerprint density at radius 3 is 2.58 bits per heavy atom. The number of aryl methyl sites for hydroxylation is 2. The highest BCUT2D eigenvalue weighted by Gasteiger charge is 2.41. The summed E-state index contributed by atoms with van der Waals surface area (Å²) in [6, 6.07) is 3.81. The Hall–Kier alpha value is -2.79. The van der Waals surface area contributed by atoms with E-state index in [1.54, 1.807) is 10.6 Å². The molecular formula is C27H34ClF3N6O. The molecule has 38 heavy (non-hydrogen) atoms. The molecule has 2 heterocycles. The number of fused-ring (bicyclic) bond motifs is 1. The SMILES string of the molecule is CCCN(CC1=CC=C(N(N)O)CC=C1)Cc1c(C(F)(F)F)nc2n1CCCN2c1c(C)cc(C)cc1Cl. The van der Waals surface area contributed by atoms with Gasteiger partial charge in [-0.3, -0.25) is 10.1 Å². The van der Waals surface area contributed by atoms with Gasteiger partial charge >= 0.3 is 6.18 Å². The smallest absolute Gasteiger partial charge is 0.312 e. The van der Waals surface area contributed by atoms with Gasteiger partial charge in [0, 0.05) is 32.6 Å². The van der Waals surface area contributed by atoms with E-state index >= 15 is 0 Å². The molecule has 0 saturated heterocycles. The van der Waals surface area contributed by atoms with Crippen LogP contribution in [0.25, 0.3) is 0 Å². The highest BCUT2D eigenvalue weighted by atomic mass is 35.5. The zero-order valence-corrected chi connectivity index (χ0v) is 22.6. The predicted octanol–water partition coefficient (Wildman–Crippen LogP) is 6.26. The molecule has 2 aliphatic rings. The summed E-state index contributed by atoms with van der Waals surface area (Å²) in [5.74, 6) is 5.72. The summed E-state index contributed by atoms with van der Waals surface area (Å²) in [4.78, 5) is 8.00. The molecule has 1 aliphatic carbocycles. The van der Waals surface area contributed by atoms with Gasteiger partial charge in [-0.05, 0) is 62.1 Å². The van der Waals surface area contributed by atoms with E-state index in [2.05, 4.69) is 4.98 Å². The molecule has 0 radical (unpaired) electrons. The number of aromatic nitrogens is 2. The zero-order chi connectivity index (χ0) is 27.6. The minimum atomic E-state index is -4.60. The van der Waals surface area contributed by atoms with Gasteiger partial charge in [0.2, 0.25) is 5.95 Å². The van der Waals surface area contributed by atoms with Crippen LogP contribution >= 0.6 is 11.6 Å². The molecule has 2 aromatic rings. The molecule has 0 atom stereocenters. The van der Waals surface area contributed by atoms with Gasteiger partial charge in [-0.1, -0.05) is 42.8 Å². The molecule has 3 N–H and O–H groups in total.